The maximum atomic E-state index is 8.61. The zero-order valence-electron chi connectivity index (χ0n) is 7.90. The van der Waals surface area contributed by atoms with Crippen molar-refractivity contribution in [3.63, 3.8) is 0 Å². The number of allylic oxidation sites excluding steroid dienone is 1. The summed E-state index contributed by atoms with van der Waals surface area (Å²) < 4.78 is 0. The molecule has 0 bridgehead atoms. The molecule has 0 amide bonds. The Labute approximate surface area is 82.9 Å². The number of rotatable bonds is 3. The molecule has 0 saturated heterocycles. The summed E-state index contributed by atoms with van der Waals surface area (Å²) >= 11 is 0. The number of nitrogens with one attached hydrogen (secondary N) is 1. The first-order valence-electron chi connectivity index (χ1n) is 4.72. The molecule has 1 aromatic carbocycles. The molecule has 0 radical (unpaired) electrons. The minimum Gasteiger partial charge on any atom is -0.392 e. The van der Waals surface area contributed by atoms with Crippen LogP contribution in [-0.2, 0) is 6.42 Å². The molecule has 1 heterocycles. The molecular weight excluding hydrogens is 174 g/mol. The van der Waals surface area contributed by atoms with Crippen LogP contribution < -0.4 is 0 Å². The van der Waals surface area contributed by atoms with Crippen molar-refractivity contribution in [2.45, 2.75) is 6.42 Å². The summed E-state index contributed by atoms with van der Waals surface area (Å²) in [5, 5.41) is 9.87. The SMILES string of the molecule is OC/C=C/Cc1c[nH]c2ccccc12. The predicted molar refractivity (Wildman–Crippen MR) is 58.2 cm³/mol. The van der Waals surface area contributed by atoms with Gasteiger partial charge in [0.25, 0.3) is 0 Å². The second kappa shape index (κ2) is 4.11. The number of H-pyrrole nitrogens is 1. The van der Waals surface area contributed by atoms with Gasteiger partial charge >= 0.3 is 0 Å². The van der Waals surface area contributed by atoms with E-state index >= 15 is 0 Å². The average molecular weight is 187 g/mol. The molecule has 0 aliphatic rings. The van der Waals surface area contributed by atoms with Crippen molar-refractivity contribution >= 4 is 10.9 Å². The molecule has 72 valence electrons. The van der Waals surface area contributed by atoms with Gasteiger partial charge in [-0.15, -0.1) is 0 Å². The molecule has 0 saturated carbocycles. The minimum atomic E-state index is 0.113. The third-order valence-corrected chi connectivity index (χ3v) is 2.28. The van der Waals surface area contributed by atoms with Crippen molar-refractivity contribution in [2.24, 2.45) is 0 Å². The first kappa shape index (κ1) is 9.03. The van der Waals surface area contributed by atoms with Crippen LogP contribution in [0.5, 0.6) is 0 Å². The summed E-state index contributed by atoms with van der Waals surface area (Å²) in [6.07, 6.45) is 6.63. The van der Waals surface area contributed by atoms with Crippen LogP contribution in [0, 0.1) is 0 Å². The third-order valence-electron chi connectivity index (χ3n) is 2.28. The third kappa shape index (κ3) is 1.70. The Balaban J connectivity index is 2.29. The Bertz CT molecular complexity index is 442. The van der Waals surface area contributed by atoms with Gasteiger partial charge in [0.15, 0.2) is 0 Å². The largest absolute Gasteiger partial charge is 0.392 e. The molecule has 2 heteroatoms. The highest BCUT2D eigenvalue weighted by Crippen LogP contribution is 2.18. The Morgan fingerprint density at radius 3 is 2.93 bits per heavy atom. The predicted octanol–water partition coefficient (Wildman–Crippen LogP) is 2.26. The summed E-state index contributed by atoms with van der Waals surface area (Å²) in [4.78, 5) is 3.22. The molecular formula is C12H13NO. The first-order chi connectivity index (χ1) is 6.92. The van der Waals surface area contributed by atoms with Crippen LogP contribution in [0.4, 0.5) is 0 Å². The van der Waals surface area contributed by atoms with Crippen LogP contribution in [0.2, 0.25) is 0 Å². The number of aromatic amines is 1. The fraction of sp³-hybridized carbons (Fsp3) is 0.167. The summed E-state index contributed by atoms with van der Waals surface area (Å²) in [6, 6.07) is 8.23. The quantitative estimate of drug-likeness (QED) is 0.710. The highest BCUT2D eigenvalue weighted by atomic mass is 16.2. The van der Waals surface area contributed by atoms with E-state index in [-0.39, 0.29) is 6.61 Å². The van der Waals surface area contributed by atoms with Crippen molar-refractivity contribution in [3.8, 4) is 0 Å². The van der Waals surface area contributed by atoms with Gasteiger partial charge in [-0.3, -0.25) is 0 Å². The van der Waals surface area contributed by atoms with Gasteiger partial charge in [0.1, 0.15) is 0 Å². The molecule has 0 fully saturated rings. The number of aromatic nitrogens is 1. The van der Waals surface area contributed by atoms with Gasteiger partial charge < -0.3 is 10.1 Å². The summed E-state index contributed by atoms with van der Waals surface area (Å²) in [5.41, 5.74) is 2.44. The molecule has 1 aromatic heterocycles. The van der Waals surface area contributed by atoms with Gasteiger partial charge in [-0.05, 0) is 18.1 Å². The normalized spacial score (nSPS) is 11.5. The Hall–Kier alpha value is -1.54. The van der Waals surface area contributed by atoms with Crippen LogP contribution >= 0.6 is 0 Å². The lowest BCUT2D eigenvalue weighted by atomic mass is 10.1. The topological polar surface area (TPSA) is 36.0 Å². The zero-order valence-corrected chi connectivity index (χ0v) is 7.90. The molecule has 0 aliphatic carbocycles. The Kier molecular flexibility index (Phi) is 2.65. The maximum Gasteiger partial charge on any atom is 0.0612 e. The number of hydrogen-bond acceptors (Lipinski definition) is 1. The lowest BCUT2D eigenvalue weighted by Gasteiger charge is -1.92. The summed E-state index contributed by atoms with van der Waals surface area (Å²) in [6.45, 7) is 0.113. The van der Waals surface area contributed by atoms with Crippen LogP contribution in [0.25, 0.3) is 10.9 Å². The lowest BCUT2D eigenvalue weighted by molar-refractivity contribution is 0.342. The van der Waals surface area contributed by atoms with Crippen molar-refractivity contribution in [1.29, 1.82) is 0 Å². The fourth-order valence-corrected chi connectivity index (χ4v) is 1.59. The van der Waals surface area contributed by atoms with Gasteiger partial charge in [0, 0.05) is 17.1 Å². The van der Waals surface area contributed by atoms with E-state index in [1.807, 2.05) is 24.4 Å². The smallest absolute Gasteiger partial charge is 0.0612 e. The van der Waals surface area contributed by atoms with E-state index in [1.165, 1.54) is 16.5 Å². The molecule has 0 aliphatic heterocycles. The molecule has 2 rings (SSSR count). The minimum absolute atomic E-state index is 0.113. The molecule has 0 atom stereocenters. The van der Waals surface area contributed by atoms with E-state index in [0.29, 0.717) is 0 Å². The van der Waals surface area contributed by atoms with Crippen LogP contribution in [0.1, 0.15) is 5.56 Å². The second-order valence-corrected chi connectivity index (χ2v) is 3.22. The average Bonchev–Trinajstić information content (AvgIpc) is 2.63. The van der Waals surface area contributed by atoms with Gasteiger partial charge in [0.05, 0.1) is 6.61 Å². The number of benzene rings is 1. The van der Waals surface area contributed by atoms with E-state index in [9.17, 15) is 0 Å². The number of hydrogen-bond donors (Lipinski definition) is 2. The molecule has 0 unspecified atom stereocenters. The fourth-order valence-electron chi connectivity index (χ4n) is 1.59. The number of aliphatic hydroxyl groups excluding tert-OH is 1. The maximum absolute atomic E-state index is 8.61. The number of para-hydroxylation sites is 1. The van der Waals surface area contributed by atoms with Crippen molar-refractivity contribution < 1.29 is 5.11 Å². The van der Waals surface area contributed by atoms with Crippen LogP contribution in [0.3, 0.4) is 0 Å². The van der Waals surface area contributed by atoms with Gasteiger partial charge in [0.2, 0.25) is 0 Å². The van der Waals surface area contributed by atoms with E-state index in [1.54, 1.807) is 6.08 Å². The molecule has 2 aromatic rings. The van der Waals surface area contributed by atoms with Gasteiger partial charge in [-0.1, -0.05) is 30.4 Å². The second-order valence-electron chi connectivity index (χ2n) is 3.22. The van der Waals surface area contributed by atoms with Gasteiger partial charge in [-0.25, -0.2) is 0 Å². The van der Waals surface area contributed by atoms with E-state index < -0.39 is 0 Å². The van der Waals surface area contributed by atoms with E-state index in [2.05, 4.69) is 17.1 Å². The van der Waals surface area contributed by atoms with E-state index in [4.69, 9.17) is 5.11 Å². The molecule has 0 spiro atoms. The van der Waals surface area contributed by atoms with Gasteiger partial charge in [-0.2, -0.15) is 0 Å². The standard InChI is InChI=1S/C12H13NO/c14-8-4-3-5-10-9-13-12-7-2-1-6-11(10)12/h1-4,6-7,9,13-14H,5,8H2/b4-3+. The van der Waals surface area contributed by atoms with Crippen molar-refractivity contribution in [2.75, 3.05) is 6.61 Å². The van der Waals surface area contributed by atoms with Crippen molar-refractivity contribution in [3.05, 3.63) is 48.2 Å². The van der Waals surface area contributed by atoms with Crippen LogP contribution in [0.15, 0.2) is 42.6 Å². The summed E-state index contributed by atoms with van der Waals surface area (Å²) in [5.74, 6) is 0. The number of fused-ring (bicyclic) bond motifs is 1. The Morgan fingerprint density at radius 1 is 1.21 bits per heavy atom. The molecule has 2 nitrogen and oxygen atoms in total. The number of aliphatic hydroxyl groups is 1. The molecule has 14 heavy (non-hydrogen) atoms. The summed E-state index contributed by atoms with van der Waals surface area (Å²) in [7, 11) is 0. The lowest BCUT2D eigenvalue weighted by Crippen LogP contribution is -1.78. The highest BCUT2D eigenvalue weighted by Gasteiger charge is 1.99. The van der Waals surface area contributed by atoms with Crippen LogP contribution in [-0.4, -0.2) is 16.7 Å². The Morgan fingerprint density at radius 2 is 2.07 bits per heavy atom. The van der Waals surface area contributed by atoms with E-state index in [0.717, 1.165) is 6.42 Å². The monoisotopic (exact) mass is 187 g/mol. The zero-order chi connectivity index (χ0) is 9.80. The highest BCUT2D eigenvalue weighted by molar-refractivity contribution is 5.83. The van der Waals surface area contributed by atoms with Crippen molar-refractivity contribution in [1.82, 2.24) is 4.98 Å². The molecule has 2 N–H and O–H groups in total. The first-order valence-corrected chi connectivity index (χ1v) is 4.72.